The summed E-state index contributed by atoms with van der Waals surface area (Å²) in [5.41, 5.74) is 0.941. The van der Waals surface area contributed by atoms with Crippen molar-refractivity contribution in [3.63, 3.8) is 0 Å². The summed E-state index contributed by atoms with van der Waals surface area (Å²) >= 11 is 0. The van der Waals surface area contributed by atoms with Gasteiger partial charge in [-0.25, -0.2) is 0 Å². The number of aliphatic hydroxyl groups excluding tert-OH is 1. The molecule has 20 heavy (non-hydrogen) atoms. The average Bonchev–Trinajstić information content (AvgIpc) is 2.85. The predicted molar refractivity (Wildman–Crippen MR) is 81.9 cm³/mol. The van der Waals surface area contributed by atoms with E-state index in [1.54, 1.807) is 7.11 Å². The third kappa shape index (κ3) is 3.53. The van der Waals surface area contributed by atoms with Crippen LogP contribution in [0.5, 0.6) is 5.75 Å². The van der Waals surface area contributed by atoms with Crippen molar-refractivity contribution in [2.45, 2.75) is 45.3 Å². The summed E-state index contributed by atoms with van der Waals surface area (Å²) in [6, 6.07) is 8.19. The second kappa shape index (κ2) is 7.09. The highest BCUT2D eigenvalue weighted by atomic mass is 16.5. The van der Waals surface area contributed by atoms with Gasteiger partial charge in [-0.2, -0.15) is 0 Å². The molecule has 3 heteroatoms. The van der Waals surface area contributed by atoms with E-state index in [9.17, 15) is 5.11 Å². The molecule has 2 N–H and O–H groups in total. The van der Waals surface area contributed by atoms with E-state index in [1.807, 2.05) is 24.3 Å². The average molecular weight is 277 g/mol. The summed E-state index contributed by atoms with van der Waals surface area (Å²) in [7, 11) is 1.65. The van der Waals surface area contributed by atoms with E-state index >= 15 is 0 Å². The quantitative estimate of drug-likeness (QED) is 0.839. The van der Waals surface area contributed by atoms with Crippen molar-refractivity contribution in [2.75, 3.05) is 13.7 Å². The molecule has 0 heterocycles. The summed E-state index contributed by atoms with van der Waals surface area (Å²) in [4.78, 5) is 0. The molecule has 1 aliphatic rings. The molecule has 4 atom stereocenters. The lowest BCUT2D eigenvalue weighted by atomic mass is 9.93. The molecule has 0 bridgehead atoms. The highest BCUT2D eigenvalue weighted by molar-refractivity contribution is 5.28. The lowest BCUT2D eigenvalue weighted by Gasteiger charge is -2.22. The van der Waals surface area contributed by atoms with Gasteiger partial charge < -0.3 is 15.2 Å². The Labute approximate surface area is 122 Å². The van der Waals surface area contributed by atoms with Gasteiger partial charge in [0.25, 0.3) is 0 Å². The summed E-state index contributed by atoms with van der Waals surface area (Å²) in [6.45, 7) is 5.23. The summed E-state index contributed by atoms with van der Waals surface area (Å²) in [6.07, 6.45) is 3.36. The van der Waals surface area contributed by atoms with Crippen LogP contribution in [0.1, 0.15) is 44.8 Å². The van der Waals surface area contributed by atoms with Crippen LogP contribution in [0.15, 0.2) is 24.3 Å². The zero-order chi connectivity index (χ0) is 14.5. The smallest absolute Gasteiger partial charge is 0.118 e. The first-order chi connectivity index (χ1) is 9.65. The number of benzene rings is 1. The highest BCUT2D eigenvalue weighted by Crippen LogP contribution is 2.34. The van der Waals surface area contributed by atoms with Gasteiger partial charge in [-0.1, -0.05) is 32.4 Å². The molecule has 1 saturated carbocycles. The number of aliphatic hydroxyl groups is 1. The fraction of sp³-hybridized carbons (Fsp3) is 0.647. The molecule has 2 rings (SSSR count). The number of nitrogens with one attached hydrogen (secondary N) is 1. The normalized spacial score (nSPS) is 27.5. The van der Waals surface area contributed by atoms with Crippen LogP contribution < -0.4 is 10.1 Å². The molecule has 0 spiro atoms. The van der Waals surface area contributed by atoms with Crippen LogP contribution in [0.25, 0.3) is 0 Å². The van der Waals surface area contributed by atoms with Crippen LogP contribution in [0, 0.1) is 11.8 Å². The van der Waals surface area contributed by atoms with E-state index in [0.717, 1.165) is 17.2 Å². The third-order valence-electron chi connectivity index (χ3n) is 4.83. The van der Waals surface area contributed by atoms with Crippen LogP contribution in [-0.4, -0.2) is 24.8 Å². The van der Waals surface area contributed by atoms with Crippen LogP contribution in [-0.2, 0) is 0 Å². The molecule has 4 unspecified atom stereocenters. The maximum Gasteiger partial charge on any atom is 0.118 e. The Morgan fingerprint density at radius 2 is 2.00 bits per heavy atom. The van der Waals surface area contributed by atoms with E-state index in [4.69, 9.17) is 4.74 Å². The van der Waals surface area contributed by atoms with Gasteiger partial charge in [-0.15, -0.1) is 0 Å². The van der Waals surface area contributed by atoms with Crippen LogP contribution >= 0.6 is 0 Å². The Bertz CT molecular complexity index is 404. The first kappa shape index (κ1) is 15.3. The molecule has 0 amide bonds. The molecule has 1 aliphatic carbocycles. The van der Waals surface area contributed by atoms with Gasteiger partial charge in [0.2, 0.25) is 0 Å². The monoisotopic (exact) mass is 277 g/mol. The van der Waals surface area contributed by atoms with Gasteiger partial charge in [-0.05, 0) is 42.4 Å². The van der Waals surface area contributed by atoms with Crippen LogP contribution in [0.4, 0.5) is 0 Å². The third-order valence-corrected chi connectivity index (χ3v) is 4.83. The van der Waals surface area contributed by atoms with Crippen molar-refractivity contribution >= 4 is 0 Å². The minimum atomic E-state index is -0.450. The van der Waals surface area contributed by atoms with Crippen molar-refractivity contribution in [2.24, 2.45) is 11.8 Å². The zero-order valence-electron chi connectivity index (χ0n) is 12.8. The molecule has 0 radical (unpaired) electrons. The Balaban J connectivity index is 1.84. The molecule has 3 nitrogen and oxygen atoms in total. The van der Waals surface area contributed by atoms with Crippen molar-refractivity contribution in [3.05, 3.63) is 29.8 Å². The zero-order valence-corrected chi connectivity index (χ0v) is 12.8. The minimum absolute atomic E-state index is 0.450. The molecule has 1 aromatic rings. The molecular formula is C17H27NO2. The Hall–Kier alpha value is -1.06. The molecular weight excluding hydrogens is 250 g/mol. The Morgan fingerprint density at radius 3 is 2.55 bits per heavy atom. The van der Waals surface area contributed by atoms with E-state index in [0.29, 0.717) is 18.5 Å². The van der Waals surface area contributed by atoms with E-state index in [1.165, 1.54) is 19.3 Å². The number of hydrogen-bond acceptors (Lipinski definition) is 3. The standard InChI is InChI=1S/C17H27NO2/c1-4-13-7-10-16(12(13)2)18-11-17(19)14-5-8-15(20-3)9-6-14/h5-6,8-9,12-13,16-19H,4,7,10-11H2,1-3H3. The summed E-state index contributed by atoms with van der Waals surface area (Å²) < 4.78 is 5.13. The molecule has 0 aromatic heterocycles. The van der Waals surface area contributed by atoms with Crippen LogP contribution in [0.3, 0.4) is 0 Å². The molecule has 0 aliphatic heterocycles. The lowest BCUT2D eigenvalue weighted by Crippen LogP contribution is -2.35. The molecule has 1 fully saturated rings. The molecule has 0 saturated heterocycles. The maximum atomic E-state index is 10.3. The van der Waals surface area contributed by atoms with Gasteiger partial charge in [-0.3, -0.25) is 0 Å². The largest absolute Gasteiger partial charge is 0.497 e. The van der Waals surface area contributed by atoms with Crippen LogP contribution in [0.2, 0.25) is 0 Å². The number of ether oxygens (including phenoxy) is 1. The van der Waals surface area contributed by atoms with E-state index < -0.39 is 6.10 Å². The van der Waals surface area contributed by atoms with Gasteiger partial charge >= 0.3 is 0 Å². The fourth-order valence-electron chi connectivity index (χ4n) is 3.32. The Kier molecular flexibility index (Phi) is 5.44. The molecule has 112 valence electrons. The fourth-order valence-corrected chi connectivity index (χ4v) is 3.32. The van der Waals surface area contributed by atoms with Gasteiger partial charge in [0, 0.05) is 12.6 Å². The SMILES string of the molecule is CCC1CCC(NCC(O)c2ccc(OC)cc2)C1C. The molecule has 1 aromatic carbocycles. The second-order valence-electron chi connectivity index (χ2n) is 5.91. The van der Waals surface area contributed by atoms with Crippen molar-refractivity contribution < 1.29 is 9.84 Å². The van der Waals surface area contributed by atoms with Crippen molar-refractivity contribution in [1.29, 1.82) is 0 Å². The van der Waals surface area contributed by atoms with E-state index in [-0.39, 0.29) is 0 Å². The minimum Gasteiger partial charge on any atom is -0.497 e. The highest BCUT2D eigenvalue weighted by Gasteiger charge is 2.31. The first-order valence-electron chi connectivity index (χ1n) is 7.71. The summed E-state index contributed by atoms with van der Waals surface area (Å²) in [5.74, 6) is 2.37. The van der Waals surface area contributed by atoms with Gasteiger partial charge in [0.05, 0.1) is 13.2 Å². The second-order valence-corrected chi connectivity index (χ2v) is 5.91. The van der Waals surface area contributed by atoms with Crippen molar-refractivity contribution in [3.8, 4) is 5.75 Å². The topological polar surface area (TPSA) is 41.5 Å². The number of rotatable bonds is 6. The van der Waals surface area contributed by atoms with E-state index in [2.05, 4.69) is 19.2 Å². The number of methoxy groups -OCH3 is 1. The Morgan fingerprint density at radius 1 is 1.30 bits per heavy atom. The predicted octanol–water partition coefficient (Wildman–Crippen LogP) is 3.14. The van der Waals surface area contributed by atoms with Gasteiger partial charge in [0.15, 0.2) is 0 Å². The first-order valence-corrected chi connectivity index (χ1v) is 7.71. The summed E-state index contributed by atoms with van der Waals surface area (Å²) in [5, 5.41) is 13.8. The maximum absolute atomic E-state index is 10.3. The van der Waals surface area contributed by atoms with Gasteiger partial charge in [0.1, 0.15) is 5.75 Å². The lowest BCUT2D eigenvalue weighted by molar-refractivity contribution is 0.165. The van der Waals surface area contributed by atoms with Crippen molar-refractivity contribution in [1.82, 2.24) is 5.32 Å². The number of hydrogen-bond donors (Lipinski definition) is 2.